The number of ether oxygens (including phenoxy) is 1. The Morgan fingerprint density at radius 3 is 2.69 bits per heavy atom. The standard InChI is InChI=1S/C8H15N3O2/c1-8(2,12-4)7-11-10-6(13-7)5-9-3/h9H,5H2,1-4H3. The van der Waals surface area contributed by atoms with Gasteiger partial charge in [0.05, 0.1) is 6.54 Å². The molecule has 0 amide bonds. The molecule has 1 rings (SSSR count). The highest BCUT2D eigenvalue weighted by atomic mass is 16.5. The van der Waals surface area contributed by atoms with Crippen LogP contribution >= 0.6 is 0 Å². The predicted octanol–water partition coefficient (Wildman–Crippen LogP) is 0.670. The molecule has 0 spiro atoms. The summed E-state index contributed by atoms with van der Waals surface area (Å²) >= 11 is 0. The zero-order chi connectivity index (χ0) is 9.90. The zero-order valence-corrected chi connectivity index (χ0v) is 8.42. The number of hydrogen-bond acceptors (Lipinski definition) is 5. The Bertz CT molecular complexity index is 270. The SMILES string of the molecule is CNCc1nnc(C(C)(C)OC)o1. The van der Waals surface area contributed by atoms with E-state index in [0.717, 1.165) is 0 Å². The van der Waals surface area contributed by atoms with E-state index >= 15 is 0 Å². The van der Waals surface area contributed by atoms with Crippen LogP contribution in [0.3, 0.4) is 0 Å². The van der Waals surface area contributed by atoms with Gasteiger partial charge in [0.2, 0.25) is 11.8 Å². The molecule has 1 aromatic heterocycles. The van der Waals surface area contributed by atoms with Crippen LogP contribution in [0.15, 0.2) is 4.42 Å². The molecule has 1 aromatic rings. The van der Waals surface area contributed by atoms with Gasteiger partial charge in [0.1, 0.15) is 5.60 Å². The monoisotopic (exact) mass is 185 g/mol. The predicted molar refractivity (Wildman–Crippen MR) is 47.1 cm³/mol. The third-order valence-electron chi connectivity index (χ3n) is 1.82. The molecule has 5 nitrogen and oxygen atoms in total. The molecule has 0 aromatic carbocycles. The lowest BCUT2D eigenvalue weighted by molar-refractivity contribution is -0.00457. The highest BCUT2D eigenvalue weighted by Gasteiger charge is 2.26. The topological polar surface area (TPSA) is 60.2 Å². The largest absolute Gasteiger partial charge is 0.421 e. The molecule has 0 aliphatic carbocycles. The molecular formula is C8H15N3O2. The zero-order valence-electron chi connectivity index (χ0n) is 8.42. The molecule has 0 aliphatic rings. The van der Waals surface area contributed by atoms with Crippen molar-refractivity contribution in [1.82, 2.24) is 15.5 Å². The number of nitrogens with zero attached hydrogens (tertiary/aromatic N) is 2. The Balaban J connectivity index is 2.79. The molecule has 0 fully saturated rings. The molecule has 5 heteroatoms. The Morgan fingerprint density at radius 2 is 2.15 bits per heavy atom. The fraction of sp³-hybridized carbons (Fsp3) is 0.750. The van der Waals surface area contributed by atoms with Crippen LogP contribution in [0.25, 0.3) is 0 Å². The summed E-state index contributed by atoms with van der Waals surface area (Å²) in [5.41, 5.74) is -0.515. The van der Waals surface area contributed by atoms with Gasteiger partial charge in [-0.3, -0.25) is 0 Å². The summed E-state index contributed by atoms with van der Waals surface area (Å²) in [6.07, 6.45) is 0. The average molecular weight is 185 g/mol. The van der Waals surface area contributed by atoms with Crippen LogP contribution in [0.5, 0.6) is 0 Å². The second-order valence-electron chi connectivity index (χ2n) is 3.25. The number of methoxy groups -OCH3 is 1. The second kappa shape index (κ2) is 3.85. The molecule has 0 bridgehead atoms. The molecule has 13 heavy (non-hydrogen) atoms. The molecule has 74 valence electrons. The summed E-state index contributed by atoms with van der Waals surface area (Å²) < 4.78 is 10.6. The fourth-order valence-corrected chi connectivity index (χ4v) is 0.807. The normalized spacial score (nSPS) is 12.0. The van der Waals surface area contributed by atoms with Crippen LogP contribution in [0.2, 0.25) is 0 Å². The Labute approximate surface area is 77.5 Å². The molecule has 0 atom stereocenters. The van der Waals surface area contributed by atoms with Crippen molar-refractivity contribution in [3.63, 3.8) is 0 Å². The van der Waals surface area contributed by atoms with E-state index in [-0.39, 0.29) is 0 Å². The van der Waals surface area contributed by atoms with Gasteiger partial charge in [-0.25, -0.2) is 0 Å². The van der Waals surface area contributed by atoms with Crippen molar-refractivity contribution in [2.24, 2.45) is 0 Å². The van der Waals surface area contributed by atoms with Gasteiger partial charge in [0, 0.05) is 7.11 Å². The van der Waals surface area contributed by atoms with Crippen molar-refractivity contribution in [3.8, 4) is 0 Å². The highest BCUT2D eigenvalue weighted by molar-refractivity contribution is 4.92. The van der Waals surface area contributed by atoms with Crippen LogP contribution in [0.1, 0.15) is 25.6 Å². The number of hydrogen-bond donors (Lipinski definition) is 1. The average Bonchev–Trinajstić information content (AvgIpc) is 2.54. The highest BCUT2D eigenvalue weighted by Crippen LogP contribution is 2.21. The summed E-state index contributed by atoms with van der Waals surface area (Å²) in [5.74, 6) is 1.07. The quantitative estimate of drug-likeness (QED) is 0.747. The maximum atomic E-state index is 5.37. The van der Waals surface area contributed by atoms with Gasteiger partial charge < -0.3 is 14.5 Å². The van der Waals surface area contributed by atoms with Crippen LogP contribution in [-0.2, 0) is 16.9 Å². The summed E-state index contributed by atoms with van der Waals surface area (Å²) in [5, 5.41) is 10.7. The van der Waals surface area contributed by atoms with E-state index < -0.39 is 5.60 Å². The first-order chi connectivity index (χ1) is 6.10. The van der Waals surface area contributed by atoms with Crippen LogP contribution < -0.4 is 5.32 Å². The third-order valence-corrected chi connectivity index (χ3v) is 1.82. The Hall–Kier alpha value is -0.940. The third kappa shape index (κ3) is 2.26. The first-order valence-corrected chi connectivity index (χ1v) is 4.12. The summed E-state index contributed by atoms with van der Waals surface area (Å²) in [4.78, 5) is 0. The van der Waals surface area contributed by atoms with E-state index in [4.69, 9.17) is 9.15 Å². The van der Waals surface area contributed by atoms with Crippen LogP contribution in [0, 0.1) is 0 Å². The molecule has 0 unspecified atom stereocenters. The van der Waals surface area contributed by atoms with E-state index in [1.165, 1.54) is 0 Å². The van der Waals surface area contributed by atoms with Gasteiger partial charge >= 0.3 is 0 Å². The maximum absolute atomic E-state index is 5.37. The lowest BCUT2D eigenvalue weighted by Gasteiger charge is -2.17. The van der Waals surface area contributed by atoms with E-state index in [1.54, 1.807) is 7.11 Å². The summed E-state index contributed by atoms with van der Waals surface area (Å²) in [7, 11) is 3.44. The van der Waals surface area contributed by atoms with Gasteiger partial charge in [-0.2, -0.15) is 0 Å². The summed E-state index contributed by atoms with van der Waals surface area (Å²) in [6.45, 7) is 4.33. The lowest BCUT2D eigenvalue weighted by atomic mass is 10.1. The van der Waals surface area contributed by atoms with Crippen molar-refractivity contribution >= 4 is 0 Å². The van der Waals surface area contributed by atoms with E-state index in [0.29, 0.717) is 18.3 Å². The van der Waals surface area contributed by atoms with Gasteiger partial charge in [-0.1, -0.05) is 0 Å². The molecular weight excluding hydrogens is 170 g/mol. The van der Waals surface area contributed by atoms with Crippen molar-refractivity contribution in [2.75, 3.05) is 14.2 Å². The van der Waals surface area contributed by atoms with Crippen molar-refractivity contribution in [3.05, 3.63) is 11.8 Å². The summed E-state index contributed by atoms with van der Waals surface area (Å²) in [6, 6.07) is 0. The molecule has 0 radical (unpaired) electrons. The Morgan fingerprint density at radius 1 is 1.46 bits per heavy atom. The molecule has 0 saturated carbocycles. The number of nitrogens with one attached hydrogen (secondary N) is 1. The molecule has 0 aliphatic heterocycles. The van der Waals surface area contributed by atoms with Crippen molar-refractivity contribution in [2.45, 2.75) is 26.0 Å². The lowest BCUT2D eigenvalue weighted by Crippen LogP contribution is -2.19. The van der Waals surface area contributed by atoms with E-state index in [2.05, 4.69) is 15.5 Å². The smallest absolute Gasteiger partial charge is 0.247 e. The maximum Gasteiger partial charge on any atom is 0.247 e. The van der Waals surface area contributed by atoms with Gasteiger partial charge in [-0.15, -0.1) is 10.2 Å². The van der Waals surface area contributed by atoms with Gasteiger partial charge in [-0.05, 0) is 20.9 Å². The minimum atomic E-state index is -0.515. The van der Waals surface area contributed by atoms with Crippen LogP contribution in [0.4, 0.5) is 0 Å². The first kappa shape index (κ1) is 10.1. The minimum Gasteiger partial charge on any atom is -0.421 e. The van der Waals surface area contributed by atoms with Crippen LogP contribution in [-0.4, -0.2) is 24.4 Å². The number of rotatable bonds is 4. The second-order valence-corrected chi connectivity index (χ2v) is 3.25. The number of aromatic nitrogens is 2. The first-order valence-electron chi connectivity index (χ1n) is 4.12. The van der Waals surface area contributed by atoms with Gasteiger partial charge in [0.15, 0.2) is 0 Å². The van der Waals surface area contributed by atoms with Gasteiger partial charge in [0.25, 0.3) is 0 Å². The van der Waals surface area contributed by atoms with E-state index in [9.17, 15) is 0 Å². The molecule has 1 heterocycles. The van der Waals surface area contributed by atoms with Crippen molar-refractivity contribution in [1.29, 1.82) is 0 Å². The van der Waals surface area contributed by atoms with E-state index in [1.807, 2.05) is 20.9 Å². The Kier molecular flexibility index (Phi) is 3.00. The van der Waals surface area contributed by atoms with Crippen molar-refractivity contribution < 1.29 is 9.15 Å². The fourth-order valence-electron chi connectivity index (χ4n) is 0.807. The minimum absolute atomic E-state index is 0.500. The molecule has 1 N–H and O–H groups in total. The molecule has 0 saturated heterocycles.